The van der Waals surface area contributed by atoms with Gasteiger partial charge in [-0.25, -0.2) is 4.98 Å². The summed E-state index contributed by atoms with van der Waals surface area (Å²) in [5, 5.41) is 7.01. The van der Waals surface area contributed by atoms with Crippen LogP contribution < -0.4 is 10.6 Å². The molecule has 2 rings (SSSR count). The lowest BCUT2D eigenvalue weighted by Crippen LogP contribution is -2.25. The van der Waals surface area contributed by atoms with Crippen molar-refractivity contribution >= 4 is 22.6 Å². The molecule has 0 radical (unpaired) electrons. The van der Waals surface area contributed by atoms with Crippen LogP contribution >= 0.6 is 11.5 Å². The highest BCUT2D eigenvalue weighted by atomic mass is 32.1. The first-order chi connectivity index (χ1) is 8.28. The molecule has 0 aromatic carbocycles. The molecule has 0 aliphatic heterocycles. The van der Waals surface area contributed by atoms with Gasteiger partial charge in [0.1, 0.15) is 5.82 Å². The van der Waals surface area contributed by atoms with Gasteiger partial charge < -0.3 is 10.6 Å². The minimum absolute atomic E-state index is 0.167. The Morgan fingerprint density at radius 3 is 3.00 bits per heavy atom. The maximum absolute atomic E-state index is 11.4. The van der Waals surface area contributed by atoms with Crippen LogP contribution in [0.5, 0.6) is 0 Å². The van der Waals surface area contributed by atoms with Gasteiger partial charge in [0.15, 0.2) is 0 Å². The minimum atomic E-state index is 0.167. The molecule has 1 aromatic heterocycles. The molecule has 1 aliphatic carbocycles. The normalized spacial score (nSPS) is 14.6. The third kappa shape index (κ3) is 4.30. The summed E-state index contributed by atoms with van der Waals surface area (Å²) in [6, 6.07) is 0.464. The zero-order valence-corrected chi connectivity index (χ0v) is 10.8. The van der Waals surface area contributed by atoms with Gasteiger partial charge in [-0.2, -0.15) is 4.37 Å². The second-order valence-electron chi connectivity index (χ2n) is 4.24. The molecule has 6 heteroatoms. The van der Waals surface area contributed by atoms with Crippen molar-refractivity contribution in [3.63, 3.8) is 0 Å². The van der Waals surface area contributed by atoms with Crippen molar-refractivity contribution in [1.29, 1.82) is 0 Å². The van der Waals surface area contributed by atoms with E-state index < -0.39 is 0 Å². The summed E-state index contributed by atoms with van der Waals surface area (Å²) in [4.78, 5) is 15.7. The van der Waals surface area contributed by atoms with Gasteiger partial charge in [-0.15, -0.1) is 0 Å². The van der Waals surface area contributed by atoms with Crippen LogP contribution in [-0.4, -0.2) is 27.9 Å². The van der Waals surface area contributed by atoms with Crippen LogP contribution in [0.25, 0.3) is 0 Å². The molecule has 5 nitrogen and oxygen atoms in total. The molecule has 0 atom stereocenters. The molecule has 1 heterocycles. The van der Waals surface area contributed by atoms with E-state index in [2.05, 4.69) is 20.0 Å². The zero-order valence-electron chi connectivity index (χ0n) is 10.0. The number of nitrogens with one attached hydrogen (secondary N) is 2. The Labute approximate surface area is 105 Å². The molecule has 1 fully saturated rings. The standard InChI is InChI=1S/C11H18N4OS/c1-2-9-14-11(17-15-9)12-7-3-4-10(16)13-8-5-6-8/h8H,2-7H2,1H3,(H,13,16)(H,12,14,15). The third-order valence-electron chi connectivity index (χ3n) is 2.58. The largest absolute Gasteiger partial charge is 0.360 e. The second kappa shape index (κ2) is 5.95. The number of carbonyl (C=O) groups is 1. The van der Waals surface area contributed by atoms with Crippen molar-refractivity contribution in [3.05, 3.63) is 5.82 Å². The lowest BCUT2D eigenvalue weighted by molar-refractivity contribution is -0.121. The average Bonchev–Trinajstić information content (AvgIpc) is 3.01. The van der Waals surface area contributed by atoms with Crippen molar-refractivity contribution in [3.8, 4) is 0 Å². The number of aryl methyl sites for hydroxylation is 1. The summed E-state index contributed by atoms with van der Waals surface area (Å²) in [6.07, 6.45) is 4.58. The molecule has 0 bridgehead atoms. The van der Waals surface area contributed by atoms with Gasteiger partial charge in [0.2, 0.25) is 11.0 Å². The predicted octanol–water partition coefficient (Wildman–Crippen LogP) is 1.57. The molecule has 2 N–H and O–H groups in total. The van der Waals surface area contributed by atoms with E-state index in [1.807, 2.05) is 6.92 Å². The number of carbonyl (C=O) groups excluding carboxylic acids is 1. The highest BCUT2D eigenvalue weighted by Crippen LogP contribution is 2.18. The summed E-state index contributed by atoms with van der Waals surface area (Å²) < 4.78 is 4.18. The molecule has 0 spiro atoms. The Kier molecular flexibility index (Phi) is 4.30. The van der Waals surface area contributed by atoms with Crippen molar-refractivity contribution in [2.75, 3.05) is 11.9 Å². The summed E-state index contributed by atoms with van der Waals surface area (Å²) in [5.41, 5.74) is 0. The molecule has 17 heavy (non-hydrogen) atoms. The van der Waals surface area contributed by atoms with Gasteiger partial charge in [-0.1, -0.05) is 6.92 Å². The SMILES string of the molecule is CCc1nsc(NCCCC(=O)NC2CC2)n1. The molecule has 1 saturated carbocycles. The number of anilines is 1. The third-order valence-corrected chi connectivity index (χ3v) is 3.29. The maximum atomic E-state index is 11.4. The first kappa shape index (κ1) is 12.3. The molecule has 1 aromatic rings. The Hall–Kier alpha value is -1.17. The second-order valence-corrected chi connectivity index (χ2v) is 4.99. The van der Waals surface area contributed by atoms with E-state index in [4.69, 9.17) is 0 Å². The highest BCUT2D eigenvalue weighted by molar-refractivity contribution is 7.09. The lowest BCUT2D eigenvalue weighted by Gasteiger charge is -2.03. The van der Waals surface area contributed by atoms with E-state index in [0.29, 0.717) is 12.5 Å². The summed E-state index contributed by atoms with van der Waals surface area (Å²) in [5.74, 6) is 1.05. The van der Waals surface area contributed by atoms with Gasteiger partial charge in [-0.3, -0.25) is 4.79 Å². The first-order valence-corrected chi connectivity index (χ1v) is 6.91. The zero-order chi connectivity index (χ0) is 12.1. The Balaban J connectivity index is 1.57. The fraction of sp³-hybridized carbons (Fsp3) is 0.727. The van der Waals surface area contributed by atoms with E-state index >= 15 is 0 Å². The number of hydrogen-bond acceptors (Lipinski definition) is 5. The molecule has 0 unspecified atom stereocenters. The molecule has 1 amide bonds. The fourth-order valence-electron chi connectivity index (χ4n) is 1.44. The monoisotopic (exact) mass is 254 g/mol. The van der Waals surface area contributed by atoms with Crippen LogP contribution in [0, 0.1) is 0 Å². The van der Waals surface area contributed by atoms with Crippen molar-refractivity contribution < 1.29 is 4.79 Å². The summed E-state index contributed by atoms with van der Waals surface area (Å²) >= 11 is 1.38. The molecular formula is C11H18N4OS. The van der Waals surface area contributed by atoms with E-state index in [0.717, 1.165) is 43.2 Å². The van der Waals surface area contributed by atoms with E-state index in [9.17, 15) is 4.79 Å². The predicted molar refractivity (Wildman–Crippen MR) is 68.2 cm³/mol. The van der Waals surface area contributed by atoms with Crippen LogP contribution in [-0.2, 0) is 11.2 Å². The van der Waals surface area contributed by atoms with E-state index in [1.54, 1.807) is 0 Å². The van der Waals surface area contributed by atoms with E-state index in [1.165, 1.54) is 11.5 Å². The number of amides is 1. The number of rotatable bonds is 7. The molecule has 1 aliphatic rings. The van der Waals surface area contributed by atoms with Crippen LogP contribution in [0.1, 0.15) is 38.4 Å². The van der Waals surface area contributed by atoms with Crippen molar-refractivity contribution in [1.82, 2.24) is 14.7 Å². The number of hydrogen-bond donors (Lipinski definition) is 2. The summed E-state index contributed by atoms with van der Waals surface area (Å²) in [6.45, 7) is 2.81. The van der Waals surface area contributed by atoms with Crippen molar-refractivity contribution in [2.24, 2.45) is 0 Å². The van der Waals surface area contributed by atoms with Gasteiger partial charge in [-0.05, 0) is 19.3 Å². The quantitative estimate of drug-likeness (QED) is 0.725. The molecule has 94 valence electrons. The minimum Gasteiger partial charge on any atom is -0.360 e. The Morgan fingerprint density at radius 1 is 1.53 bits per heavy atom. The average molecular weight is 254 g/mol. The van der Waals surface area contributed by atoms with E-state index in [-0.39, 0.29) is 5.91 Å². The van der Waals surface area contributed by atoms with Gasteiger partial charge >= 0.3 is 0 Å². The lowest BCUT2D eigenvalue weighted by atomic mass is 10.3. The van der Waals surface area contributed by atoms with Crippen LogP contribution in [0.2, 0.25) is 0 Å². The topological polar surface area (TPSA) is 66.9 Å². The summed E-state index contributed by atoms with van der Waals surface area (Å²) in [7, 11) is 0. The van der Waals surface area contributed by atoms with Crippen LogP contribution in [0.3, 0.4) is 0 Å². The smallest absolute Gasteiger partial charge is 0.220 e. The Bertz CT molecular complexity index is 375. The van der Waals surface area contributed by atoms with Crippen LogP contribution in [0.4, 0.5) is 5.13 Å². The molecule has 0 saturated heterocycles. The number of nitrogens with zero attached hydrogens (tertiary/aromatic N) is 2. The number of aromatic nitrogens is 2. The first-order valence-electron chi connectivity index (χ1n) is 6.13. The van der Waals surface area contributed by atoms with Crippen LogP contribution in [0.15, 0.2) is 0 Å². The van der Waals surface area contributed by atoms with Crippen molar-refractivity contribution in [2.45, 2.75) is 45.1 Å². The Morgan fingerprint density at radius 2 is 2.35 bits per heavy atom. The fourth-order valence-corrected chi connectivity index (χ4v) is 2.12. The van der Waals surface area contributed by atoms with Gasteiger partial charge in [0.25, 0.3) is 0 Å². The highest BCUT2D eigenvalue weighted by Gasteiger charge is 2.22. The van der Waals surface area contributed by atoms with Gasteiger partial charge in [0.05, 0.1) is 0 Å². The van der Waals surface area contributed by atoms with Gasteiger partial charge in [0, 0.05) is 37.0 Å². The molecular weight excluding hydrogens is 236 g/mol. The maximum Gasteiger partial charge on any atom is 0.220 e.